The van der Waals surface area contributed by atoms with Crippen LogP contribution in [0.5, 0.6) is 0 Å². The first kappa shape index (κ1) is 9.06. The van der Waals surface area contributed by atoms with Gasteiger partial charge in [0, 0.05) is 17.3 Å². The molecule has 3 nitrogen and oxygen atoms in total. The van der Waals surface area contributed by atoms with Crippen molar-refractivity contribution in [1.29, 1.82) is 0 Å². The van der Waals surface area contributed by atoms with Crippen molar-refractivity contribution in [3.63, 3.8) is 0 Å². The molecule has 1 aliphatic rings. The van der Waals surface area contributed by atoms with Crippen molar-refractivity contribution in [3.05, 3.63) is 29.8 Å². The van der Waals surface area contributed by atoms with Crippen LogP contribution < -0.4 is 5.32 Å². The number of anilines is 1. The van der Waals surface area contributed by atoms with Gasteiger partial charge in [-0.3, -0.25) is 0 Å². The molecule has 2 rings (SSSR count). The van der Waals surface area contributed by atoms with Crippen LogP contribution in [0, 0.1) is 0 Å². The maximum absolute atomic E-state index is 8.72. The van der Waals surface area contributed by atoms with Gasteiger partial charge in [-0.15, -0.1) is 0 Å². The Bertz CT molecular complexity index is 356. The molecule has 0 heterocycles. The van der Waals surface area contributed by atoms with Crippen LogP contribution >= 0.6 is 0 Å². The zero-order valence-corrected chi connectivity index (χ0v) is 8.20. The molecule has 0 saturated heterocycles. The van der Waals surface area contributed by atoms with E-state index in [2.05, 4.69) is 10.5 Å². The van der Waals surface area contributed by atoms with E-state index in [1.807, 2.05) is 24.3 Å². The molecule has 0 bridgehead atoms. The second-order valence-corrected chi connectivity index (χ2v) is 3.65. The minimum Gasteiger partial charge on any atom is -0.411 e. The number of oxime groups is 1. The first-order valence-electron chi connectivity index (χ1n) is 4.86. The second-order valence-electron chi connectivity index (χ2n) is 3.65. The molecule has 0 aliphatic heterocycles. The van der Waals surface area contributed by atoms with Crippen LogP contribution in [0.25, 0.3) is 0 Å². The smallest absolute Gasteiger partial charge is 0.0857 e. The lowest BCUT2D eigenvalue weighted by molar-refractivity contribution is 0.319. The topological polar surface area (TPSA) is 44.6 Å². The summed E-state index contributed by atoms with van der Waals surface area (Å²) in [5.74, 6) is 0. The normalized spacial score (nSPS) is 16.8. The van der Waals surface area contributed by atoms with E-state index in [4.69, 9.17) is 5.21 Å². The van der Waals surface area contributed by atoms with Crippen molar-refractivity contribution >= 4 is 11.4 Å². The molecule has 74 valence electrons. The average Bonchev–Trinajstić information content (AvgIpc) is 3.01. The van der Waals surface area contributed by atoms with Crippen LogP contribution in [-0.2, 0) is 0 Å². The number of hydrogen-bond acceptors (Lipinski definition) is 3. The van der Waals surface area contributed by atoms with Crippen molar-refractivity contribution in [3.8, 4) is 0 Å². The minimum atomic E-state index is 0.614. The van der Waals surface area contributed by atoms with Crippen molar-refractivity contribution < 1.29 is 5.21 Å². The molecule has 2 N–H and O–H groups in total. The summed E-state index contributed by atoms with van der Waals surface area (Å²) in [4.78, 5) is 0. The van der Waals surface area contributed by atoms with E-state index < -0.39 is 0 Å². The Hall–Kier alpha value is -1.51. The number of para-hydroxylation sites is 1. The van der Waals surface area contributed by atoms with Gasteiger partial charge in [-0.05, 0) is 25.8 Å². The number of rotatable bonds is 3. The van der Waals surface area contributed by atoms with Gasteiger partial charge in [-0.25, -0.2) is 0 Å². The van der Waals surface area contributed by atoms with Gasteiger partial charge < -0.3 is 10.5 Å². The Morgan fingerprint density at radius 3 is 2.79 bits per heavy atom. The van der Waals surface area contributed by atoms with Gasteiger partial charge in [0.25, 0.3) is 0 Å². The van der Waals surface area contributed by atoms with Crippen LogP contribution in [0.2, 0.25) is 0 Å². The zero-order chi connectivity index (χ0) is 9.97. The molecule has 0 amide bonds. The Balaban J connectivity index is 2.27. The SMILES string of the molecule is C/C(=N/O)c1ccccc1NC1CC1. The first-order valence-corrected chi connectivity index (χ1v) is 4.86. The van der Waals surface area contributed by atoms with Crippen LogP contribution in [0.3, 0.4) is 0 Å². The number of hydrogen-bond donors (Lipinski definition) is 2. The van der Waals surface area contributed by atoms with E-state index in [0.29, 0.717) is 11.8 Å². The maximum Gasteiger partial charge on any atom is 0.0857 e. The van der Waals surface area contributed by atoms with E-state index in [0.717, 1.165) is 11.3 Å². The molecule has 0 aromatic heterocycles. The van der Waals surface area contributed by atoms with Crippen molar-refractivity contribution in [2.45, 2.75) is 25.8 Å². The second kappa shape index (κ2) is 3.70. The van der Waals surface area contributed by atoms with Crippen LogP contribution in [0.1, 0.15) is 25.3 Å². The summed E-state index contributed by atoms with van der Waals surface area (Å²) in [5.41, 5.74) is 2.68. The molecule has 1 aliphatic carbocycles. The molecule has 14 heavy (non-hydrogen) atoms. The van der Waals surface area contributed by atoms with Crippen LogP contribution in [-0.4, -0.2) is 17.0 Å². The van der Waals surface area contributed by atoms with Crippen molar-refractivity contribution in [1.82, 2.24) is 0 Å². The largest absolute Gasteiger partial charge is 0.411 e. The predicted molar refractivity (Wildman–Crippen MR) is 57.1 cm³/mol. The Morgan fingerprint density at radius 2 is 2.14 bits per heavy atom. The summed E-state index contributed by atoms with van der Waals surface area (Å²) in [6.45, 7) is 1.80. The standard InChI is InChI=1S/C11H14N2O/c1-8(13-14)10-4-2-3-5-11(10)12-9-6-7-9/h2-5,9,12,14H,6-7H2,1H3/b13-8-. The van der Waals surface area contributed by atoms with E-state index in [1.54, 1.807) is 6.92 Å². The molecule has 1 fully saturated rings. The predicted octanol–water partition coefficient (Wildman–Crippen LogP) is 2.46. The van der Waals surface area contributed by atoms with Gasteiger partial charge in [0.1, 0.15) is 0 Å². The summed E-state index contributed by atoms with van der Waals surface area (Å²) < 4.78 is 0. The molecule has 0 radical (unpaired) electrons. The third-order valence-electron chi connectivity index (χ3n) is 2.40. The summed E-state index contributed by atoms with van der Waals surface area (Å²) in [6, 6.07) is 8.52. The van der Waals surface area contributed by atoms with Crippen LogP contribution in [0.15, 0.2) is 29.4 Å². The third-order valence-corrected chi connectivity index (χ3v) is 2.40. The number of benzene rings is 1. The van der Waals surface area contributed by atoms with E-state index in [1.165, 1.54) is 12.8 Å². The molecule has 0 unspecified atom stereocenters. The highest BCUT2D eigenvalue weighted by Crippen LogP contribution is 2.26. The fraction of sp³-hybridized carbons (Fsp3) is 0.364. The van der Waals surface area contributed by atoms with Gasteiger partial charge in [0.15, 0.2) is 0 Å². The lowest BCUT2D eigenvalue weighted by Crippen LogP contribution is -2.06. The first-order chi connectivity index (χ1) is 6.81. The molecule has 1 saturated carbocycles. The Kier molecular flexibility index (Phi) is 2.39. The van der Waals surface area contributed by atoms with E-state index >= 15 is 0 Å². The van der Waals surface area contributed by atoms with Gasteiger partial charge in [-0.2, -0.15) is 0 Å². The highest BCUT2D eigenvalue weighted by atomic mass is 16.4. The molecule has 1 aromatic rings. The third kappa shape index (κ3) is 1.87. The Morgan fingerprint density at radius 1 is 1.43 bits per heavy atom. The van der Waals surface area contributed by atoms with Crippen molar-refractivity contribution in [2.75, 3.05) is 5.32 Å². The lowest BCUT2D eigenvalue weighted by Gasteiger charge is -2.09. The quantitative estimate of drug-likeness (QED) is 0.437. The average molecular weight is 190 g/mol. The van der Waals surface area contributed by atoms with Crippen molar-refractivity contribution in [2.24, 2.45) is 5.16 Å². The van der Waals surface area contributed by atoms with E-state index in [9.17, 15) is 0 Å². The fourth-order valence-corrected chi connectivity index (χ4v) is 1.43. The molecular weight excluding hydrogens is 176 g/mol. The maximum atomic E-state index is 8.72. The molecule has 1 aromatic carbocycles. The highest BCUT2D eigenvalue weighted by Gasteiger charge is 2.21. The van der Waals surface area contributed by atoms with Gasteiger partial charge >= 0.3 is 0 Å². The van der Waals surface area contributed by atoms with Gasteiger partial charge in [-0.1, -0.05) is 23.4 Å². The summed E-state index contributed by atoms with van der Waals surface area (Å²) in [5, 5.41) is 15.4. The van der Waals surface area contributed by atoms with Gasteiger partial charge in [0.05, 0.1) is 5.71 Å². The number of nitrogens with zero attached hydrogens (tertiary/aromatic N) is 1. The van der Waals surface area contributed by atoms with Crippen LogP contribution in [0.4, 0.5) is 5.69 Å². The molecular formula is C11H14N2O. The zero-order valence-electron chi connectivity index (χ0n) is 8.20. The summed E-state index contributed by atoms with van der Waals surface area (Å²) in [7, 11) is 0. The molecule has 0 atom stereocenters. The van der Waals surface area contributed by atoms with E-state index in [-0.39, 0.29) is 0 Å². The monoisotopic (exact) mass is 190 g/mol. The molecule has 3 heteroatoms. The fourth-order valence-electron chi connectivity index (χ4n) is 1.43. The molecule has 0 spiro atoms. The number of nitrogens with one attached hydrogen (secondary N) is 1. The minimum absolute atomic E-state index is 0.614. The lowest BCUT2D eigenvalue weighted by atomic mass is 10.1. The highest BCUT2D eigenvalue weighted by molar-refractivity contribution is 6.03. The summed E-state index contributed by atoms with van der Waals surface area (Å²) >= 11 is 0. The Labute approximate surface area is 83.4 Å². The summed E-state index contributed by atoms with van der Waals surface area (Å²) in [6.07, 6.45) is 2.48. The van der Waals surface area contributed by atoms with Gasteiger partial charge in [0.2, 0.25) is 0 Å².